The number of rotatable bonds is 3. The fourth-order valence-electron chi connectivity index (χ4n) is 3.61. The van der Waals surface area contributed by atoms with Crippen molar-refractivity contribution in [1.29, 1.82) is 0 Å². The highest BCUT2D eigenvalue weighted by atomic mass is 19.1. The van der Waals surface area contributed by atoms with Crippen LogP contribution in [-0.2, 0) is 20.7 Å². The van der Waals surface area contributed by atoms with E-state index >= 15 is 0 Å². The van der Waals surface area contributed by atoms with E-state index in [1.165, 1.54) is 34.7 Å². The molecule has 4 nitrogen and oxygen atoms in total. The predicted molar refractivity (Wildman–Crippen MR) is 95.0 cm³/mol. The Morgan fingerprint density at radius 1 is 1.08 bits per heavy atom. The number of esters is 1. The molecule has 132 valence electrons. The molecule has 0 unspecified atom stereocenters. The van der Waals surface area contributed by atoms with Crippen LogP contribution in [0.25, 0.3) is 0 Å². The summed E-state index contributed by atoms with van der Waals surface area (Å²) < 4.78 is 18.5. The van der Waals surface area contributed by atoms with Gasteiger partial charge in [-0.15, -0.1) is 0 Å². The Bertz CT molecular complexity index is 900. The average molecular weight is 351 g/mol. The van der Waals surface area contributed by atoms with Crippen molar-refractivity contribution in [1.82, 2.24) is 0 Å². The Labute approximate surface area is 150 Å². The van der Waals surface area contributed by atoms with Gasteiger partial charge >= 0.3 is 5.97 Å². The average Bonchev–Trinajstić information content (AvgIpc) is 3.04. The molecular weight excluding hydrogens is 333 g/mol. The van der Waals surface area contributed by atoms with Gasteiger partial charge in [-0.3, -0.25) is 9.69 Å². The number of carbonyl (C=O) groups excluding carboxylic acids is 2. The van der Waals surface area contributed by atoms with Crippen LogP contribution in [0, 0.1) is 5.82 Å². The number of amides is 1. The van der Waals surface area contributed by atoms with Crippen LogP contribution in [0.4, 0.5) is 10.1 Å². The molecule has 0 aromatic heterocycles. The first kappa shape index (κ1) is 16.5. The minimum atomic E-state index is -0.385. The van der Waals surface area contributed by atoms with Crippen LogP contribution in [0.3, 0.4) is 0 Å². The lowest BCUT2D eigenvalue weighted by molar-refractivity contribution is -0.136. The number of hydrogen-bond acceptors (Lipinski definition) is 3. The Morgan fingerprint density at radius 3 is 2.42 bits per heavy atom. The highest BCUT2D eigenvalue weighted by Gasteiger charge is 2.42. The molecule has 0 spiro atoms. The van der Waals surface area contributed by atoms with Crippen molar-refractivity contribution >= 4 is 17.6 Å². The van der Waals surface area contributed by atoms with Crippen molar-refractivity contribution in [3.05, 3.63) is 76.7 Å². The summed E-state index contributed by atoms with van der Waals surface area (Å²) in [6.45, 7) is 2.13. The largest absolute Gasteiger partial charge is 0.456 e. The monoisotopic (exact) mass is 351 g/mol. The lowest BCUT2D eigenvalue weighted by Crippen LogP contribution is -2.37. The van der Waals surface area contributed by atoms with Crippen LogP contribution in [0.15, 0.2) is 59.8 Å². The molecule has 0 radical (unpaired) electrons. The van der Waals surface area contributed by atoms with E-state index in [1.54, 1.807) is 0 Å². The second kappa shape index (κ2) is 6.41. The second-order valence-corrected chi connectivity index (χ2v) is 6.49. The molecule has 1 atom stereocenters. The van der Waals surface area contributed by atoms with Gasteiger partial charge in [0.25, 0.3) is 0 Å². The first-order valence-electron chi connectivity index (χ1n) is 8.66. The van der Waals surface area contributed by atoms with Crippen molar-refractivity contribution in [2.75, 3.05) is 11.5 Å². The van der Waals surface area contributed by atoms with Gasteiger partial charge in [0.15, 0.2) is 0 Å². The van der Waals surface area contributed by atoms with Gasteiger partial charge < -0.3 is 4.74 Å². The number of halogens is 1. The van der Waals surface area contributed by atoms with Gasteiger partial charge in [0, 0.05) is 18.0 Å². The van der Waals surface area contributed by atoms with Crippen LogP contribution in [0.5, 0.6) is 0 Å². The van der Waals surface area contributed by atoms with Crippen molar-refractivity contribution in [2.24, 2.45) is 0 Å². The summed E-state index contributed by atoms with van der Waals surface area (Å²) in [6, 6.07) is 13.7. The topological polar surface area (TPSA) is 46.6 Å². The predicted octanol–water partition coefficient (Wildman–Crippen LogP) is 3.72. The Kier molecular flexibility index (Phi) is 4.07. The first-order chi connectivity index (χ1) is 12.6. The molecule has 2 aliphatic rings. The fourth-order valence-corrected chi connectivity index (χ4v) is 3.61. The molecule has 0 saturated carbocycles. The molecular formula is C21H18FNO3. The lowest BCUT2D eigenvalue weighted by atomic mass is 9.83. The van der Waals surface area contributed by atoms with Crippen molar-refractivity contribution in [2.45, 2.75) is 25.7 Å². The zero-order valence-electron chi connectivity index (χ0n) is 14.4. The minimum Gasteiger partial charge on any atom is -0.456 e. The summed E-state index contributed by atoms with van der Waals surface area (Å²) in [5, 5.41) is 0. The Balaban J connectivity index is 1.78. The van der Waals surface area contributed by atoms with Crippen LogP contribution in [-0.4, -0.2) is 18.5 Å². The van der Waals surface area contributed by atoms with Gasteiger partial charge in [-0.05, 0) is 41.8 Å². The summed E-state index contributed by atoms with van der Waals surface area (Å²) in [4.78, 5) is 26.7. The Hall–Kier alpha value is -2.95. The highest BCUT2D eigenvalue weighted by molar-refractivity contribution is 6.06. The SMILES string of the molecule is CCc1ccc([C@@H]2CC(=O)N(c3ccc(F)cc3)C3=C2C(=O)OC3)cc1. The van der Waals surface area contributed by atoms with Gasteiger partial charge in [0.05, 0.1) is 11.3 Å². The number of hydrogen-bond donors (Lipinski definition) is 0. The summed E-state index contributed by atoms with van der Waals surface area (Å²) in [6.07, 6.45) is 1.11. The van der Waals surface area contributed by atoms with Crippen molar-refractivity contribution < 1.29 is 18.7 Å². The quantitative estimate of drug-likeness (QED) is 0.792. The van der Waals surface area contributed by atoms with Gasteiger partial charge in [-0.1, -0.05) is 31.2 Å². The number of benzene rings is 2. The molecule has 0 saturated heterocycles. The maximum atomic E-state index is 13.2. The van der Waals surface area contributed by atoms with E-state index in [9.17, 15) is 14.0 Å². The number of anilines is 1. The summed E-state index contributed by atoms with van der Waals surface area (Å²) in [5.74, 6) is -1.20. The normalized spacial score (nSPS) is 19.6. The molecule has 0 aliphatic carbocycles. The first-order valence-corrected chi connectivity index (χ1v) is 8.66. The fraction of sp³-hybridized carbons (Fsp3) is 0.238. The molecule has 5 heteroatoms. The molecule has 2 heterocycles. The molecule has 0 N–H and O–H groups in total. The number of nitrogens with zero attached hydrogens (tertiary/aromatic N) is 1. The van der Waals surface area contributed by atoms with Crippen LogP contribution >= 0.6 is 0 Å². The molecule has 2 aliphatic heterocycles. The summed E-state index contributed by atoms with van der Waals surface area (Å²) >= 11 is 0. The Morgan fingerprint density at radius 2 is 1.77 bits per heavy atom. The summed E-state index contributed by atoms with van der Waals surface area (Å²) in [7, 11) is 0. The van der Waals surface area contributed by atoms with Crippen LogP contribution in [0.2, 0.25) is 0 Å². The van der Waals surface area contributed by atoms with E-state index in [1.807, 2.05) is 24.3 Å². The third-order valence-corrected chi connectivity index (χ3v) is 4.99. The van der Waals surface area contributed by atoms with Gasteiger partial charge in [0.1, 0.15) is 12.4 Å². The molecule has 4 rings (SSSR count). The van der Waals surface area contributed by atoms with E-state index in [-0.39, 0.29) is 36.6 Å². The molecule has 1 amide bonds. The molecule has 2 aromatic rings. The van der Waals surface area contributed by atoms with E-state index in [0.717, 1.165) is 12.0 Å². The highest BCUT2D eigenvalue weighted by Crippen LogP contribution is 2.41. The van der Waals surface area contributed by atoms with E-state index in [2.05, 4.69) is 6.92 Å². The van der Waals surface area contributed by atoms with Crippen molar-refractivity contribution in [3.8, 4) is 0 Å². The third-order valence-electron chi connectivity index (χ3n) is 4.99. The van der Waals surface area contributed by atoms with E-state index in [0.29, 0.717) is 17.0 Å². The number of carbonyl (C=O) groups is 2. The molecule has 0 fully saturated rings. The number of ether oxygens (including phenoxy) is 1. The zero-order chi connectivity index (χ0) is 18.3. The van der Waals surface area contributed by atoms with Gasteiger partial charge in [-0.25, -0.2) is 9.18 Å². The van der Waals surface area contributed by atoms with E-state index in [4.69, 9.17) is 4.74 Å². The maximum absolute atomic E-state index is 13.2. The number of cyclic esters (lactones) is 1. The molecule has 2 aromatic carbocycles. The summed E-state index contributed by atoms with van der Waals surface area (Å²) in [5.41, 5.74) is 3.76. The van der Waals surface area contributed by atoms with Crippen molar-refractivity contribution in [3.63, 3.8) is 0 Å². The number of aryl methyl sites for hydroxylation is 1. The lowest BCUT2D eigenvalue weighted by Gasteiger charge is -2.31. The van der Waals surface area contributed by atoms with Crippen LogP contribution in [0.1, 0.15) is 30.4 Å². The third kappa shape index (κ3) is 2.69. The van der Waals surface area contributed by atoms with E-state index < -0.39 is 0 Å². The zero-order valence-corrected chi connectivity index (χ0v) is 14.4. The standard InChI is InChI=1S/C21H18FNO3/c1-2-13-3-5-14(6-4-13)17-11-19(24)23(16-9-7-15(22)8-10-16)18-12-26-21(25)20(17)18/h3-10,17H,2,11-12H2,1H3/t17-/m0/s1. The smallest absolute Gasteiger partial charge is 0.336 e. The van der Waals surface area contributed by atoms with Gasteiger partial charge in [-0.2, -0.15) is 0 Å². The minimum absolute atomic E-state index is 0.0564. The maximum Gasteiger partial charge on any atom is 0.336 e. The van der Waals surface area contributed by atoms with Gasteiger partial charge in [0.2, 0.25) is 5.91 Å². The molecule has 0 bridgehead atoms. The molecule has 26 heavy (non-hydrogen) atoms. The second-order valence-electron chi connectivity index (χ2n) is 6.49. The van der Waals surface area contributed by atoms with Crippen LogP contribution < -0.4 is 4.90 Å².